The van der Waals surface area contributed by atoms with Gasteiger partial charge in [-0.05, 0) is 17.7 Å². The average Bonchev–Trinajstić information content (AvgIpc) is 2.41. The zero-order chi connectivity index (χ0) is 13.8. The lowest BCUT2D eigenvalue weighted by atomic mass is 10.1. The van der Waals surface area contributed by atoms with E-state index in [0.29, 0.717) is 17.8 Å². The minimum atomic E-state index is -0.441. The predicted molar refractivity (Wildman–Crippen MR) is 72.4 cm³/mol. The molecule has 6 heteroatoms. The third-order valence-electron chi connectivity index (χ3n) is 2.78. The first-order chi connectivity index (χ1) is 9.11. The molecule has 0 bridgehead atoms. The minimum Gasteiger partial charge on any atom is -0.383 e. The van der Waals surface area contributed by atoms with Gasteiger partial charge in [-0.25, -0.2) is 0 Å². The van der Waals surface area contributed by atoms with E-state index >= 15 is 0 Å². The first-order valence-electron chi connectivity index (χ1n) is 5.72. The zero-order valence-electron chi connectivity index (χ0n) is 10.4. The van der Waals surface area contributed by atoms with Crippen LogP contribution in [0.3, 0.4) is 0 Å². The summed E-state index contributed by atoms with van der Waals surface area (Å²) in [5.74, 6) is 0. The number of pyridine rings is 1. The summed E-state index contributed by atoms with van der Waals surface area (Å²) in [6, 6.07) is 9.74. The Balaban J connectivity index is 2.37. The lowest BCUT2D eigenvalue weighted by Crippen LogP contribution is -2.18. The minimum absolute atomic E-state index is 0.00369. The van der Waals surface area contributed by atoms with Crippen molar-refractivity contribution in [2.75, 3.05) is 12.4 Å². The lowest BCUT2D eigenvalue weighted by Gasteiger charge is -2.07. The molecule has 2 aromatic rings. The van der Waals surface area contributed by atoms with Gasteiger partial charge in [-0.2, -0.15) is 0 Å². The first-order valence-corrected chi connectivity index (χ1v) is 5.72. The highest BCUT2D eigenvalue weighted by Gasteiger charge is 2.13. The molecule has 0 radical (unpaired) electrons. The van der Waals surface area contributed by atoms with Crippen LogP contribution >= 0.6 is 0 Å². The third kappa shape index (κ3) is 2.79. The van der Waals surface area contributed by atoms with Crippen molar-refractivity contribution in [2.45, 2.75) is 6.54 Å². The monoisotopic (exact) mass is 259 g/mol. The fourth-order valence-corrected chi connectivity index (χ4v) is 1.83. The Morgan fingerprint density at radius 3 is 2.74 bits per heavy atom. The summed E-state index contributed by atoms with van der Waals surface area (Å²) in [5.41, 5.74) is 1.03. The molecule has 0 aliphatic rings. The molecule has 0 atom stereocenters. The van der Waals surface area contributed by atoms with Crippen molar-refractivity contribution in [1.82, 2.24) is 4.57 Å². The van der Waals surface area contributed by atoms with Crippen LogP contribution in [0.4, 0.5) is 11.4 Å². The molecule has 0 aliphatic carbocycles. The summed E-state index contributed by atoms with van der Waals surface area (Å²) in [4.78, 5) is 22.1. The van der Waals surface area contributed by atoms with E-state index in [-0.39, 0.29) is 11.2 Å². The van der Waals surface area contributed by atoms with Gasteiger partial charge >= 0.3 is 0 Å². The number of benzene rings is 1. The summed E-state index contributed by atoms with van der Waals surface area (Å²) in [6.45, 7) is 0.310. The number of nitrogens with one attached hydrogen (secondary N) is 1. The molecule has 1 aromatic carbocycles. The number of nitrogens with zero attached hydrogens (tertiary/aromatic N) is 2. The summed E-state index contributed by atoms with van der Waals surface area (Å²) in [7, 11) is 1.63. The number of nitro benzene ring substituents is 1. The number of rotatable bonds is 4. The van der Waals surface area contributed by atoms with Gasteiger partial charge in [-0.1, -0.05) is 12.1 Å². The number of hydrogen-bond donors (Lipinski definition) is 1. The molecule has 6 nitrogen and oxygen atoms in total. The second-order valence-electron chi connectivity index (χ2n) is 4.03. The Hall–Kier alpha value is -2.63. The Bertz CT molecular complexity index is 664. The van der Waals surface area contributed by atoms with Crippen LogP contribution in [0.5, 0.6) is 0 Å². The lowest BCUT2D eigenvalue weighted by molar-refractivity contribution is -0.384. The molecule has 1 aromatic heterocycles. The highest BCUT2D eigenvalue weighted by atomic mass is 16.6. The quantitative estimate of drug-likeness (QED) is 0.671. The van der Waals surface area contributed by atoms with E-state index < -0.39 is 4.92 Å². The molecule has 1 heterocycles. The maximum Gasteiger partial charge on any atom is 0.292 e. The van der Waals surface area contributed by atoms with Crippen molar-refractivity contribution in [3.63, 3.8) is 0 Å². The Kier molecular flexibility index (Phi) is 3.61. The SMILES string of the molecule is CNc1ccc(Cn2ccccc2=O)cc1[N+](=O)[O-]. The van der Waals surface area contributed by atoms with Crippen LogP contribution in [-0.4, -0.2) is 16.5 Å². The van der Waals surface area contributed by atoms with Gasteiger partial charge in [0.25, 0.3) is 11.2 Å². The molecule has 0 spiro atoms. The molecule has 0 fully saturated rings. The molecular formula is C13H13N3O3. The van der Waals surface area contributed by atoms with Crippen molar-refractivity contribution in [3.8, 4) is 0 Å². The predicted octanol–water partition coefficient (Wildman–Crippen LogP) is 1.85. The Morgan fingerprint density at radius 1 is 1.32 bits per heavy atom. The molecule has 1 N–H and O–H groups in total. The number of nitro groups is 1. The standard InChI is InChI=1S/C13H13N3O3/c1-14-11-6-5-10(8-12(11)16(18)19)9-15-7-3-2-4-13(15)17/h2-8,14H,9H2,1H3. The Morgan fingerprint density at radius 2 is 2.11 bits per heavy atom. The normalized spacial score (nSPS) is 10.2. The van der Waals surface area contributed by atoms with Crippen LogP contribution in [0.15, 0.2) is 47.4 Å². The van der Waals surface area contributed by atoms with Crippen LogP contribution in [0.1, 0.15) is 5.56 Å². The van der Waals surface area contributed by atoms with Crippen LogP contribution in [-0.2, 0) is 6.54 Å². The molecule has 98 valence electrons. The summed E-state index contributed by atoms with van der Waals surface area (Å²) >= 11 is 0. The fourth-order valence-electron chi connectivity index (χ4n) is 1.83. The van der Waals surface area contributed by atoms with Gasteiger partial charge in [0.2, 0.25) is 0 Å². The van der Waals surface area contributed by atoms with E-state index in [9.17, 15) is 14.9 Å². The third-order valence-corrected chi connectivity index (χ3v) is 2.78. The van der Waals surface area contributed by atoms with Crippen molar-refractivity contribution < 1.29 is 4.92 Å². The van der Waals surface area contributed by atoms with Crippen LogP contribution in [0, 0.1) is 10.1 Å². The summed E-state index contributed by atoms with van der Waals surface area (Å²) in [6.07, 6.45) is 1.65. The molecule has 0 unspecified atom stereocenters. The molecule has 19 heavy (non-hydrogen) atoms. The van der Waals surface area contributed by atoms with Crippen LogP contribution in [0.2, 0.25) is 0 Å². The van der Waals surface area contributed by atoms with Gasteiger partial charge in [0.15, 0.2) is 0 Å². The number of hydrogen-bond acceptors (Lipinski definition) is 4. The molecule has 0 saturated heterocycles. The molecular weight excluding hydrogens is 246 g/mol. The largest absolute Gasteiger partial charge is 0.383 e. The molecule has 0 saturated carbocycles. The Labute approximate surface area is 109 Å². The fraction of sp³-hybridized carbons (Fsp3) is 0.154. The number of anilines is 1. The van der Waals surface area contributed by atoms with Crippen molar-refractivity contribution in [3.05, 3.63) is 68.6 Å². The van der Waals surface area contributed by atoms with E-state index in [1.807, 2.05) is 0 Å². The van der Waals surface area contributed by atoms with Crippen molar-refractivity contribution in [2.24, 2.45) is 0 Å². The van der Waals surface area contributed by atoms with E-state index in [2.05, 4.69) is 5.32 Å². The van der Waals surface area contributed by atoms with Gasteiger partial charge in [-0.15, -0.1) is 0 Å². The van der Waals surface area contributed by atoms with Crippen molar-refractivity contribution in [1.29, 1.82) is 0 Å². The highest BCUT2D eigenvalue weighted by Crippen LogP contribution is 2.25. The summed E-state index contributed by atoms with van der Waals surface area (Å²) in [5, 5.41) is 13.7. The van der Waals surface area contributed by atoms with E-state index in [4.69, 9.17) is 0 Å². The van der Waals surface area contributed by atoms with Gasteiger partial charge in [0, 0.05) is 25.4 Å². The van der Waals surface area contributed by atoms with Gasteiger partial charge < -0.3 is 9.88 Å². The second-order valence-corrected chi connectivity index (χ2v) is 4.03. The molecule has 2 rings (SSSR count). The smallest absolute Gasteiger partial charge is 0.292 e. The first kappa shape index (κ1) is 12.8. The van der Waals surface area contributed by atoms with Crippen LogP contribution in [0.25, 0.3) is 0 Å². The van der Waals surface area contributed by atoms with E-state index in [1.54, 1.807) is 37.5 Å². The average molecular weight is 259 g/mol. The maximum absolute atomic E-state index is 11.6. The van der Waals surface area contributed by atoms with Crippen LogP contribution < -0.4 is 10.9 Å². The number of aromatic nitrogens is 1. The topological polar surface area (TPSA) is 77.2 Å². The van der Waals surface area contributed by atoms with E-state index in [1.165, 1.54) is 16.7 Å². The zero-order valence-corrected chi connectivity index (χ0v) is 10.4. The molecule has 0 amide bonds. The highest BCUT2D eigenvalue weighted by molar-refractivity contribution is 5.62. The molecule has 0 aliphatic heterocycles. The van der Waals surface area contributed by atoms with E-state index in [0.717, 1.165) is 0 Å². The van der Waals surface area contributed by atoms with Gasteiger partial charge in [-0.3, -0.25) is 14.9 Å². The van der Waals surface area contributed by atoms with Gasteiger partial charge in [0.1, 0.15) is 5.69 Å². The van der Waals surface area contributed by atoms with Crippen molar-refractivity contribution >= 4 is 11.4 Å². The summed E-state index contributed by atoms with van der Waals surface area (Å²) < 4.78 is 1.50. The second kappa shape index (κ2) is 5.34. The maximum atomic E-state index is 11.6. The van der Waals surface area contributed by atoms with Gasteiger partial charge in [0.05, 0.1) is 11.5 Å².